The number of hydrogen-bond acceptors (Lipinski definition) is 4. The van der Waals surface area contributed by atoms with Crippen LogP contribution in [0, 0.1) is 0 Å². The fourth-order valence-electron chi connectivity index (χ4n) is 4.65. The van der Waals surface area contributed by atoms with Gasteiger partial charge in [-0.25, -0.2) is 4.98 Å². The van der Waals surface area contributed by atoms with Crippen LogP contribution in [-0.2, 0) is 11.3 Å². The van der Waals surface area contributed by atoms with Crippen LogP contribution in [0.4, 0.5) is 0 Å². The molecule has 3 aromatic rings. The van der Waals surface area contributed by atoms with Crippen LogP contribution in [0.3, 0.4) is 0 Å². The van der Waals surface area contributed by atoms with Crippen LogP contribution in [0.2, 0.25) is 0 Å². The molecule has 1 N–H and O–H groups in total. The predicted octanol–water partition coefficient (Wildman–Crippen LogP) is 4.58. The third-order valence-electron chi connectivity index (χ3n) is 5.99. The molecule has 0 bridgehead atoms. The van der Waals surface area contributed by atoms with Crippen molar-refractivity contribution in [3.8, 4) is 22.7 Å². The van der Waals surface area contributed by atoms with Gasteiger partial charge in [0.2, 0.25) is 0 Å². The van der Waals surface area contributed by atoms with Crippen molar-refractivity contribution in [2.75, 3.05) is 6.61 Å². The molecule has 1 saturated carbocycles. The van der Waals surface area contributed by atoms with Gasteiger partial charge in [-0.1, -0.05) is 43.2 Å². The Labute approximate surface area is 158 Å². The first-order valence-electron chi connectivity index (χ1n) is 9.74. The van der Waals surface area contributed by atoms with E-state index in [1.807, 2.05) is 36.7 Å². The van der Waals surface area contributed by atoms with Gasteiger partial charge in [-0.15, -0.1) is 0 Å². The Kier molecular flexibility index (Phi) is 4.14. The number of imidazole rings is 1. The van der Waals surface area contributed by atoms with E-state index in [1.165, 1.54) is 12.8 Å². The average molecular weight is 364 g/mol. The molecule has 27 heavy (non-hydrogen) atoms. The summed E-state index contributed by atoms with van der Waals surface area (Å²) in [5.74, 6) is 1.30. The molecule has 1 atom stereocenters. The molecular weight excluding hydrogens is 340 g/mol. The van der Waals surface area contributed by atoms with Gasteiger partial charge in [0.1, 0.15) is 18.1 Å². The second-order valence-electron chi connectivity index (χ2n) is 7.70. The molecular formula is C22H24N2O3. The summed E-state index contributed by atoms with van der Waals surface area (Å²) in [6, 6.07) is 14.2. The van der Waals surface area contributed by atoms with Gasteiger partial charge in [0, 0.05) is 5.56 Å². The molecule has 2 fully saturated rings. The lowest BCUT2D eigenvalue weighted by Gasteiger charge is -2.22. The molecule has 0 radical (unpaired) electrons. The van der Waals surface area contributed by atoms with Crippen LogP contribution in [0.25, 0.3) is 22.7 Å². The van der Waals surface area contributed by atoms with Gasteiger partial charge in [0.05, 0.1) is 30.3 Å². The number of ether oxygens (including phenoxy) is 1. The average Bonchev–Trinajstić information content (AvgIpc) is 3.50. The summed E-state index contributed by atoms with van der Waals surface area (Å²) in [6.07, 6.45) is 7.79. The van der Waals surface area contributed by atoms with Crippen LogP contribution < -0.4 is 0 Å². The smallest absolute Gasteiger partial charge is 0.153 e. The summed E-state index contributed by atoms with van der Waals surface area (Å²) >= 11 is 0. The van der Waals surface area contributed by atoms with Crippen molar-refractivity contribution >= 4 is 0 Å². The minimum absolute atomic E-state index is 0.0541. The minimum atomic E-state index is -0.107. The van der Waals surface area contributed by atoms with Crippen LogP contribution in [-0.4, -0.2) is 26.9 Å². The zero-order valence-electron chi connectivity index (χ0n) is 15.3. The molecule has 1 aromatic carbocycles. The molecule has 0 unspecified atom stereocenters. The van der Waals surface area contributed by atoms with Gasteiger partial charge in [-0.2, -0.15) is 0 Å². The molecule has 1 spiro atoms. The lowest BCUT2D eigenvalue weighted by Crippen LogP contribution is -2.23. The van der Waals surface area contributed by atoms with E-state index < -0.39 is 0 Å². The standard InChI is InChI=1S/C22H24N2O3/c25-13-18-8-9-19(27-18)21-20(16-6-2-1-3-7-16)23-15-24(21)17-12-22(26-14-17)10-4-5-11-22/h1-3,6-9,15,17,25H,4-5,10-14H2/t17-/m1/s1. The topological polar surface area (TPSA) is 60.4 Å². The van der Waals surface area contributed by atoms with Crippen molar-refractivity contribution in [2.24, 2.45) is 0 Å². The fraction of sp³-hybridized carbons (Fsp3) is 0.409. The number of hydrogen-bond donors (Lipinski definition) is 1. The second kappa shape index (κ2) is 6.66. The molecule has 1 saturated heterocycles. The predicted molar refractivity (Wildman–Crippen MR) is 102 cm³/mol. The molecule has 3 heterocycles. The van der Waals surface area contributed by atoms with Crippen molar-refractivity contribution in [1.29, 1.82) is 0 Å². The van der Waals surface area contributed by atoms with Gasteiger partial charge in [-0.3, -0.25) is 0 Å². The number of rotatable bonds is 4. The van der Waals surface area contributed by atoms with E-state index in [-0.39, 0.29) is 18.2 Å². The number of furan rings is 1. The first-order chi connectivity index (χ1) is 13.3. The molecule has 1 aliphatic heterocycles. The number of nitrogens with zero attached hydrogens (tertiary/aromatic N) is 2. The van der Waals surface area contributed by atoms with Crippen LogP contribution in [0.15, 0.2) is 53.2 Å². The molecule has 1 aliphatic carbocycles. The maximum absolute atomic E-state index is 9.42. The van der Waals surface area contributed by atoms with E-state index >= 15 is 0 Å². The highest BCUT2D eigenvalue weighted by molar-refractivity contribution is 5.76. The summed E-state index contributed by atoms with van der Waals surface area (Å²) in [7, 11) is 0. The van der Waals surface area contributed by atoms with Gasteiger partial charge in [-0.05, 0) is 31.4 Å². The van der Waals surface area contributed by atoms with Crippen molar-refractivity contribution < 1.29 is 14.3 Å². The lowest BCUT2D eigenvalue weighted by atomic mass is 9.96. The SMILES string of the molecule is OCc1ccc(-c2c(-c3ccccc3)ncn2[C@H]2COC3(CCCC3)C2)o1. The maximum atomic E-state index is 9.42. The Morgan fingerprint density at radius 2 is 1.93 bits per heavy atom. The van der Waals surface area contributed by atoms with E-state index in [0.717, 1.165) is 42.0 Å². The zero-order chi connectivity index (χ0) is 18.3. The second-order valence-corrected chi connectivity index (χ2v) is 7.70. The Hall–Kier alpha value is -2.37. The number of benzene rings is 1. The van der Waals surface area contributed by atoms with Crippen LogP contribution >= 0.6 is 0 Å². The highest BCUT2D eigenvalue weighted by Gasteiger charge is 2.43. The van der Waals surface area contributed by atoms with Crippen molar-refractivity contribution in [3.63, 3.8) is 0 Å². The molecule has 5 heteroatoms. The first kappa shape index (κ1) is 16.8. The number of aliphatic hydroxyl groups excluding tert-OH is 1. The van der Waals surface area contributed by atoms with Crippen LogP contribution in [0.1, 0.15) is 43.9 Å². The Balaban J connectivity index is 1.58. The zero-order valence-corrected chi connectivity index (χ0v) is 15.3. The van der Waals surface area contributed by atoms with Gasteiger partial charge in [0.15, 0.2) is 5.76 Å². The summed E-state index contributed by atoms with van der Waals surface area (Å²) < 4.78 is 14.4. The van der Waals surface area contributed by atoms with E-state index in [1.54, 1.807) is 0 Å². The van der Waals surface area contributed by atoms with Crippen LogP contribution in [0.5, 0.6) is 0 Å². The Morgan fingerprint density at radius 3 is 2.67 bits per heavy atom. The van der Waals surface area contributed by atoms with Crippen molar-refractivity contribution in [3.05, 3.63) is 54.6 Å². The summed E-state index contributed by atoms with van der Waals surface area (Å²) in [5.41, 5.74) is 2.98. The lowest BCUT2D eigenvalue weighted by molar-refractivity contribution is 0.00959. The monoisotopic (exact) mass is 364 g/mol. The first-order valence-corrected chi connectivity index (χ1v) is 9.74. The maximum Gasteiger partial charge on any atom is 0.153 e. The third kappa shape index (κ3) is 2.91. The van der Waals surface area contributed by atoms with E-state index in [2.05, 4.69) is 16.7 Å². The van der Waals surface area contributed by atoms with Gasteiger partial charge < -0.3 is 18.8 Å². The van der Waals surface area contributed by atoms with Gasteiger partial charge in [0.25, 0.3) is 0 Å². The largest absolute Gasteiger partial charge is 0.457 e. The van der Waals surface area contributed by atoms with Crippen molar-refractivity contribution in [2.45, 2.75) is 50.4 Å². The Morgan fingerprint density at radius 1 is 1.11 bits per heavy atom. The fourth-order valence-corrected chi connectivity index (χ4v) is 4.65. The molecule has 140 valence electrons. The van der Waals surface area contributed by atoms with Crippen molar-refractivity contribution in [1.82, 2.24) is 9.55 Å². The third-order valence-corrected chi connectivity index (χ3v) is 5.99. The van der Waals surface area contributed by atoms with E-state index in [0.29, 0.717) is 12.4 Å². The highest BCUT2D eigenvalue weighted by atomic mass is 16.5. The molecule has 0 amide bonds. The highest BCUT2D eigenvalue weighted by Crippen LogP contribution is 2.46. The number of aliphatic hydroxyl groups is 1. The van der Waals surface area contributed by atoms with E-state index in [9.17, 15) is 5.11 Å². The quantitative estimate of drug-likeness (QED) is 0.736. The number of aromatic nitrogens is 2. The van der Waals surface area contributed by atoms with Gasteiger partial charge >= 0.3 is 0 Å². The molecule has 2 aliphatic rings. The summed E-state index contributed by atoms with van der Waals surface area (Å²) in [6.45, 7) is 0.607. The normalized spacial score (nSPS) is 21.3. The summed E-state index contributed by atoms with van der Waals surface area (Å²) in [5, 5.41) is 9.42. The summed E-state index contributed by atoms with van der Waals surface area (Å²) in [4.78, 5) is 4.74. The molecule has 2 aromatic heterocycles. The van der Waals surface area contributed by atoms with E-state index in [4.69, 9.17) is 14.1 Å². The minimum Gasteiger partial charge on any atom is -0.457 e. The molecule has 5 rings (SSSR count). The molecule has 5 nitrogen and oxygen atoms in total. The Bertz CT molecular complexity index is 922.